The van der Waals surface area contributed by atoms with Gasteiger partial charge in [0, 0.05) is 67.2 Å². The normalized spacial score (nSPS) is 36.8. The SMILES string of the molecule is C[C@@H]1CN(C2CCN(I)CC2)C[C@H](C)N1C. The predicted molar refractivity (Wildman–Crippen MR) is 76.9 cm³/mol. The predicted octanol–water partition coefficient (Wildman–Crippen LogP) is 1.83. The fourth-order valence-corrected chi connectivity index (χ4v) is 3.50. The van der Waals surface area contributed by atoms with Gasteiger partial charge >= 0.3 is 0 Å². The second kappa shape index (κ2) is 5.50. The van der Waals surface area contributed by atoms with E-state index in [0.717, 1.165) is 6.04 Å². The molecule has 2 saturated heterocycles. The van der Waals surface area contributed by atoms with Crippen LogP contribution in [0, 0.1) is 0 Å². The van der Waals surface area contributed by atoms with Crippen LogP contribution in [0.1, 0.15) is 26.7 Å². The molecule has 0 N–H and O–H groups in total. The molecule has 2 rings (SSSR count). The van der Waals surface area contributed by atoms with Gasteiger partial charge in [0.2, 0.25) is 0 Å². The summed E-state index contributed by atoms with van der Waals surface area (Å²) in [6, 6.07) is 2.26. The number of hydrogen-bond donors (Lipinski definition) is 0. The summed E-state index contributed by atoms with van der Waals surface area (Å²) in [5, 5.41) is 0. The van der Waals surface area contributed by atoms with E-state index in [1.165, 1.54) is 39.0 Å². The first-order valence-electron chi connectivity index (χ1n) is 6.44. The van der Waals surface area contributed by atoms with E-state index in [9.17, 15) is 0 Å². The van der Waals surface area contributed by atoms with Gasteiger partial charge in [0.1, 0.15) is 0 Å². The molecule has 4 heteroatoms. The fourth-order valence-electron chi connectivity index (χ4n) is 2.94. The molecule has 0 aliphatic carbocycles. The van der Waals surface area contributed by atoms with E-state index in [1.54, 1.807) is 0 Å². The lowest BCUT2D eigenvalue weighted by Gasteiger charge is -2.47. The average Bonchev–Trinajstić information content (AvgIpc) is 2.26. The zero-order chi connectivity index (χ0) is 11.7. The van der Waals surface area contributed by atoms with E-state index in [2.05, 4.69) is 56.7 Å². The molecule has 94 valence electrons. The maximum atomic E-state index is 2.74. The minimum atomic E-state index is 0.710. The Bertz CT molecular complexity index is 216. The number of nitrogens with zero attached hydrogens (tertiary/aromatic N) is 3. The molecule has 2 aliphatic heterocycles. The summed E-state index contributed by atoms with van der Waals surface area (Å²) in [5.41, 5.74) is 0. The molecular formula is C12H24IN3. The Morgan fingerprint density at radius 3 is 2.00 bits per heavy atom. The van der Waals surface area contributed by atoms with Gasteiger partial charge in [-0.3, -0.25) is 9.80 Å². The highest BCUT2D eigenvalue weighted by Gasteiger charge is 2.31. The minimum Gasteiger partial charge on any atom is -0.298 e. The molecule has 3 nitrogen and oxygen atoms in total. The Labute approximate surface area is 114 Å². The van der Waals surface area contributed by atoms with E-state index in [1.807, 2.05) is 0 Å². The summed E-state index contributed by atoms with van der Waals surface area (Å²) >= 11 is 2.46. The second-order valence-electron chi connectivity index (χ2n) is 5.46. The van der Waals surface area contributed by atoms with Crippen molar-refractivity contribution in [1.82, 2.24) is 12.9 Å². The van der Waals surface area contributed by atoms with Crippen LogP contribution in [0.3, 0.4) is 0 Å². The zero-order valence-electron chi connectivity index (χ0n) is 10.7. The standard InChI is InChI=1S/C12H24IN3/c1-10-8-15(9-11(2)14(10)3)12-4-6-16(13)7-5-12/h10-12H,4-9H2,1-3H3/t10-,11+. The Balaban J connectivity index is 1.90. The summed E-state index contributed by atoms with van der Waals surface area (Å²) in [6.45, 7) is 9.76. The van der Waals surface area contributed by atoms with Crippen molar-refractivity contribution in [2.24, 2.45) is 0 Å². The smallest absolute Gasteiger partial charge is 0.0201 e. The molecule has 0 aromatic rings. The van der Waals surface area contributed by atoms with E-state index >= 15 is 0 Å². The maximum absolute atomic E-state index is 2.74. The molecule has 16 heavy (non-hydrogen) atoms. The van der Waals surface area contributed by atoms with Gasteiger partial charge in [-0.2, -0.15) is 0 Å². The fraction of sp³-hybridized carbons (Fsp3) is 1.00. The summed E-state index contributed by atoms with van der Waals surface area (Å²) in [5.74, 6) is 0. The third-order valence-corrected chi connectivity index (χ3v) is 5.28. The van der Waals surface area contributed by atoms with Crippen molar-refractivity contribution in [3.63, 3.8) is 0 Å². The van der Waals surface area contributed by atoms with Crippen molar-refractivity contribution in [3.05, 3.63) is 0 Å². The molecular weight excluding hydrogens is 313 g/mol. The third-order valence-electron chi connectivity index (χ3n) is 4.31. The lowest BCUT2D eigenvalue weighted by Crippen LogP contribution is -2.58. The molecule has 0 amide bonds. The highest BCUT2D eigenvalue weighted by molar-refractivity contribution is 14.1. The lowest BCUT2D eigenvalue weighted by atomic mass is 10.0. The lowest BCUT2D eigenvalue weighted by molar-refractivity contribution is 0.0216. The van der Waals surface area contributed by atoms with E-state index in [-0.39, 0.29) is 0 Å². The van der Waals surface area contributed by atoms with Crippen molar-refractivity contribution in [1.29, 1.82) is 0 Å². The number of hydrogen-bond acceptors (Lipinski definition) is 3. The van der Waals surface area contributed by atoms with Gasteiger partial charge in [0.15, 0.2) is 0 Å². The van der Waals surface area contributed by atoms with Crippen LogP contribution in [0.2, 0.25) is 0 Å². The van der Waals surface area contributed by atoms with Crippen molar-refractivity contribution in [3.8, 4) is 0 Å². The number of piperazine rings is 1. The molecule has 0 bridgehead atoms. The van der Waals surface area contributed by atoms with E-state index < -0.39 is 0 Å². The van der Waals surface area contributed by atoms with Crippen LogP contribution in [-0.2, 0) is 0 Å². The monoisotopic (exact) mass is 337 g/mol. The van der Waals surface area contributed by atoms with Crippen LogP contribution in [0.5, 0.6) is 0 Å². The first-order chi connectivity index (χ1) is 7.58. The number of halogens is 1. The Hall–Kier alpha value is 0.610. The summed E-state index contributed by atoms with van der Waals surface area (Å²) < 4.78 is 2.43. The quantitative estimate of drug-likeness (QED) is 0.534. The van der Waals surface area contributed by atoms with E-state index in [4.69, 9.17) is 0 Å². The molecule has 2 atom stereocenters. The van der Waals surface area contributed by atoms with Crippen LogP contribution >= 0.6 is 22.9 Å². The van der Waals surface area contributed by atoms with Crippen LogP contribution in [0.25, 0.3) is 0 Å². The first-order valence-corrected chi connectivity index (χ1v) is 7.41. The molecule has 0 radical (unpaired) electrons. The molecule has 0 unspecified atom stereocenters. The van der Waals surface area contributed by atoms with E-state index in [0.29, 0.717) is 12.1 Å². The van der Waals surface area contributed by atoms with Gasteiger partial charge in [-0.25, -0.2) is 3.11 Å². The Morgan fingerprint density at radius 1 is 1.00 bits per heavy atom. The largest absolute Gasteiger partial charge is 0.298 e. The number of piperidine rings is 1. The van der Waals surface area contributed by atoms with Crippen LogP contribution in [0.4, 0.5) is 0 Å². The molecule has 2 aliphatic rings. The zero-order valence-corrected chi connectivity index (χ0v) is 12.9. The van der Waals surface area contributed by atoms with Crippen molar-refractivity contribution < 1.29 is 0 Å². The number of rotatable bonds is 1. The van der Waals surface area contributed by atoms with Gasteiger partial charge in [-0.1, -0.05) is 0 Å². The van der Waals surface area contributed by atoms with Crippen molar-refractivity contribution in [2.45, 2.75) is 44.8 Å². The second-order valence-corrected chi connectivity index (χ2v) is 6.82. The van der Waals surface area contributed by atoms with Gasteiger partial charge in [-0.05, 0) is 33.7 Å². The molecule has 2 heterocycles. The van der Waals surface area contributed by atoms with Gasteiger partial charge < -0.3 is 0 Å². The van der Waals surface area contributed by atoms with Crippen LogP contribution in [-0.4, -0.2) is 64.3 Å². The van der Waals surface area contributed by atoms with Crippen LogP contribution < -0.4 is 0 Å². The Kier molecular flexibility index (Phi) is 4.49. The minimum absolute atomic E-state index is 0.710. The third kappa shape index (κ3) is 2.89. The first kappa shape index (κ1) is 13.1. The summed E-state index contributed by atoms with van der Waals surface area (Å²) in [6.07, 6.45) is 2.71. The molecule has 0 saturated carbocycles. The molecule has 0 spiro atoms. The van der Waals surface area contributed by atoms with Crippen LogP contribution in [0.15, 0.2) is 0 Å². The highest BCUT2D eigenvalue weighted by atomic mass is 127. The molecule has 2 fully saturated rings. The highest BCUT2D eigenvalue weighted by Crippen LogP contribution is 2.23. The van der Waals surface area contributed by atoms with Crippen molar-refractivity contribution >= 4 is 22.9 Å². The van der Waals surface area contributed by atoms with Gasteiger partial charge in [-0.15, -0.1) is 0 Å². The maximum Gasteiger partial charge on any atom is 0.0201 e. The Morgan fingerprint density at radius 2 is 1.50 bits per heavy atom. The average molecular weight is 337 g/mol. The molecule has 0 aromatic carbocycles. The summed E-state index contributed by atoms with van der Waals surface area (Å²) in [4.78, 5) is 5.25. The van der Waals surface area contributed by atoms with Gasteiger partial charge in [0.25, 0.3) is 0 Å². The van der Waals surface area contributed by atoms with Crippen molar-refractivity contribution in [2.75, 3.05) is 33.2 Å². The molecule has 0 aromatic heterocycles. The topological polar surface area (TPSA) is 9.72 Å². The summed E-state index contributed by atoms with van der Waals surface area (Å²) in [7, 11) is 2.26. The van der Waals surface area contributed by atoms with Gasteiger partial charge in [0.05, 0.1) is 0 Å². The number of likely N-dealkylation sites (N-methyl/N-ethyl adjacent to an activating group) is 1.